The van der Waals surface area contributed by atoms with E-state index in [1.54, 1.807) is 25.5 Å². The van der Waals surface area contributed by atoms with E-state index in [1.807, 2.05) is 15.6 Å². The van der Waals surface area contributed by atoms with Crippen LogP contribution >= 0.6 is 0 Å². The number of aromatic nitrogens is 4. The van der Waals surface area contributed by atoms with Gasteiger partial charge in [-0.3, -0.25) is 19.4 Å². The lowest BCUT2D eigenvalue weighted by Crippen LogP contribution is -2.28. The Morgan fingerprint density at radius 3 is 2.77 bits per heavy atom. The molecule has 0 aliphatic carbocycles. The minimum Gasteiger partial charge on any atom is -0.334 e. The van der Waals surface area contributed by atoms with Crippen LogP contribution in [0.4, 0.5) is 0 Å². The lowest BCUT2D eigenvalue weighted by atomic mass is 10.1. The van der Waals surface area contributed by atoms with Crippen molar-refractivity contribution in [3.05, 3.63) is 30.4 Å². The number of amides is 1. The minimum absolute atomic E-state index is 0.0639. The van der Waals surface area contributed by atoms with Gasteiger partial charge in [0.15, 0.2) is 0 Å². The highest BCUT2D eigenvalue weighted by Crippen LogP contribution is 2.31. The molecule has 2 aromatic rings. The van der Waals surface area contributed by atoms with Gasteiger partial charge in [-0.1, -0.05) is 0 Å². The van der Waals surface area contributed by atoms with Gasteiger partial charge in [0.25, 0.3) is 0 Å². The molecule has 22 heavy (non-hydrogen) atoms. The third kappa shape index (κ3) is 2.61. The summed E-state index contributed by atoms with van der Waals surface area (Å²) in [6.07, 6.45) is 7.32. The molecule has 1 fully saturated rings. The van der Waals surface area contributed by atoms with Crippen LogP contribution in [0, 0.1) is 0 Å². The van der Waals surface area contributed by atoms with Gasteiger partial charge in [-0.15, -0.1) is 0 Å². The van der Waals surface area contributed by atoms with Gasteiger partial charge in [0.2, 0.25) is 5.91 Å². The largest absolute Gasteiger partial charge is 0.334 e. The lowest BCUT2D eigenvalue weighted by molar-refractivity contribution is -0.129. The average Bonchev–Trinajstić information content (AvgIpc) is 3.16. The van der Waals surface area contributed by atoms with Gasteiger partial charge in [0.05, 0.1) is 29.8 Å². The second-order valence-corrected chi connectivity index (χ2v) is 5.95. The summed E-state index contributed by atoms with van der Waals surface area (Å²) in [5.41, 5.74) is 2.64. The molecule has 1 aliphatic rings. The molecule has 1 atom stereocenters. The molecule has 1 saturated heterocycles. The Balaban J connectivity index is 1.87. The SMILES string of the molecule is CC(=O)N1CCC[C@H]1c1cnc(-c2ccnn2C(C)C)cn1. The molecule has 0 aromatic carbocycles. The van der Waals surface area contributed by atoms with Gasteiger partial charge < -0.3 is 4.90 Å². The first-order chi connectivity index (χ1) is 10.6. The maximum Gasteiger partial charge on any atom is 0.220 e. The summed E-state index contributed by atoms with van der Waals surface area (Å²) in [7, 11) is 0. The van der Waals surface area contributed by atoms with Crippen LogP contribution in [-0.4, -0.2) is 37.1 Å². The summed E-state index contributed by atoms with van der Waals surface area (Å²) < 4.78 is 1.93. The molecule has 0 unspecified atom stereocenters. The normalized spacial score (nSPS) is 18.2. The molecule has 0 spiro atoms. The predicted molar refractivity (Wildman–Crippen MR) is 83.0 cm³/mol. The fraction of sp³-hybridized carbons (Fsp3) is 0.500. The summed E-state index contributed by atoms with van der Waals surface area (Å²) in [4.78, 5) is 22.6. The highest BCUT2D eigenvalue weighted by Gasteiger charge is 2.29. The number of rotatable bonds is 3. The number of hydrogen-bond donors (Lipinski definition) is 0. The summed E-state index contributed by atoms with van der Waals surface area (Å²) in [6.45, 7) is 6.59. The van der Waals surface area contributed by atoms with Crippen molar-refractivity contribution in [1.29, 1.82) is 0 Å². The van der Waals surface area contributed by atoms with Crippen LogP contribution in [-0.2, 0) is 4.79 Å². The Morgan fingerprint density at radius 1 is 1.32 bits per heavy atom. The van der Waals surface area contributed by atoms with Crippen LogP contribution in [0.25, 0.3) is 11.4 Å². The van der Waals surface area contributed by atoms with Gasteiger partial charge in [0.1, 0.15) is 5.69 Å². The molecule has 0 N–H and O–H groups in total. The van der Waals surface area contributed by atoms with Crippen molar-refractivity contribution >= 4 is 5.91 Å². The topological polar surface area (TPSA) is 63.9 Å². The van der Waals surface area contributed by atoms with Gasteiger partial charge >= 0.3 is 0 Å². The average molecular weight is 299 g/mol. The third-order valence-corrected chi connectivity index (χ3v) is 4.09. The van der Waals surface area contributed by atoms with Crippen LogP contribution in [0.2, 0.25) is 0 Å². The highest BCUT2D eigenvalue weighted by atomic mass is 16.2. The quantitative estimate of drug-likeness (QED) is 0.874. The fourth-order valence-corrected chi connectivity index (χ4v) is 3.02. The minimum atomic E-state index is 0.0639. The van der Waals surface area contributed by atoms with Crippen molar-refractivity contribution < 1.29 is 4.79 Å². The molecule has 6 nitrogen and oxygen atoms in total. The monoisotopic (exact) mass is 299 g/mol. The zero-order chi connectivity index (χ0) is 15.7. The Hall–Kier alpha value is -2.24. The van der Waals surface area contributed by atoms with Gasteiger partial charge in [-0.2, -0.15) is 5.10 Å². The van der Waals surface area contributed by atoms with Crippen molar-refractivity contribution in [2.75, 3.05) is 6.54 Å². The van der Waals surface area contributed by atoms with Crippen molar-refractivity contribution in [3.8, 4) is 11.4 Å². The Morgan fingerprint density at radius 2 is 2.14 bits per heavy atom. The maximum atomic E-state index is 11.7. The Kier molecular flexibility index (Phi) is 3.92. The van der Waals surface area contributed by atoms with E-state index in [2.05, 4.69) is 28.9 Å². The fourth-order valence-electron chi connectivity index (χ4n) is 3.02. The molecule has 6 heteroatoms. The number of likely N-dealkylation sites (tertiary alicyclic amines) is 1. The van der Waals surface area contributed by atoms with E-state index in [0.29, 0.717) is 0 Å². The molecule has 0 bridgehead atoms. The number of nitrogens with zero attached hydrogens (tertiary/aromatic N) is 5. The Labute approximate surface area is 130 Å². The molecular formula is C16H21N5O. The zero-order valence-corrected chi connectivity index (χ0v) is 13.2. The van der Waals surface area contributed by atoms with E-state index in [-0.39, 0.29) is 18.0 Å². The summed E-state index contributed by atoms with van der Waals surface area (Å²) in [5.74, 6) is 0.103. The second-order valence-electron chi connectivity index (χ2n) is 5.95. The van der Waals surface area contributed by atoms with E-state index in [9.17, 15) is 4.79 Å². The molecule has 1 aliphatic heterocycles. The first-order valence-corrected chi connectivity index (χ1v) is 7.71. The number of hydrogen-bond acceptors (Lipinski definition) is 4. The van der Waals surface area contributed by atoms with E-state index in [0.717, 1.165) is 36.5 Å². The van der Waals surface area contributed by atoms with E-state index < -0.39 is 0 Å². The Bertz CT molecular complexity index is 661. The molecular weight excluding hydrogens is 278 g/mol. The van der Waals surface area contributed by atoms with Crippen LogP contribution in [0.3, 0.4) is 0 Å². The van der Waals surface area contributed by atoms with Crippen molar-refractivity contribution in [2.45, 2.75) is 45.7 Å². The molecule has 3 rings (SSSR count). The van der Waals surface area contributed by atoms with Gasteiger partial charge in [-0.25, -0.2) is 0 Å². The standard InChI is InChI=1S/C16H21N5O/c1-11(2)21-16(6-7-19-21)14-10-17-13(9-18-14)15-5-4-8-20(15)12(3)22/h6-7,9-11,15H,4-5,8H2,1-3H3/t15-/m0/s1. The molecule has 0 saturated carbocycles. The van der Waals surface area contributed by atoms with Crippen molar-refractivity contribution in [1.82, 2.24) is 24.6 Å². The first kappa shape index (κ1) is 14.7. The molecule has 116 valence electrons. The molecule has 3 heterocycles. The molecule has 1 amide bonds. The summed E-state index contributed by atoms with van der Waals surface area (Å²) in [6, 6.07) is 2.28. The maximum absolute atomic E-state index is 11.7. The van der Waals surface area contributed by atoms with Crippen LogP contribution in [0.15, 0.2) is 24.7 Å². The third-order valence-electron chi connectivity index (χ3n) is 4.09. The van der Waals surface area contributed by atoms with Crippen LogP contribution in [0.1, 0.15) is 51.4 Å². The lowest BCUT2D eigenvalue weighted by Gasteiger charge is -2.22. The number of carbonyl (C=O) groups is 1. The summed E-state index contributed by atoms with van der Waals surface area (Å²) >= 11 is 0. The predicted octanol–water partition coefficient (Wildman–Crippen LogP) is 2.60. The van der Waals surface area contributed by atoms with Crippen LogP contribution in [0.5, 0.6) is 0 Å². The smallest absolute Gasteiger partial charge is 0.220 e. The van der Waals surface area contributed by atoms with Crippen molar-refractivity contribution in [3.63, 3.8) is 0 Å². The highest BCUT2D eigenvalue weighted by molar-refractivity contribution is 5.74. The second kappa shape index (κ2) is 5.87. The molecule has 0 radical (unpaired) electrons. The van der Waals surface area contributed by atoms with Crippen molar-refractivity contribution in [2.24, 2.45) is 0 Å². The van der Waals surface area contributed by atoms with Gasteiger partial charge in [0, 0.05) is 25.7 Å². The van der Waals surface area contributed by atoms with E-state index in [1.165, 1.54) is 0 Å². The van der Waals surface area contributed by atoms with E-state index in [4.69, 9.17) is 0 Å². The first-order valence-electron chi connectivity index (χ1n) is 7.71. The molecule has 2 aromatic heterocycles. The summed E-state index contributed by atoms with van der Waals surface area (Å²) in [5, 5.41) is 4.32. The zero-order valence-electron chi connectivity index (χ0n) is 13.2. The van der Waals surface area contributed by atoms with Crippen LogP contribution < -0.4 is 0 Å². The number of carbonyl (C=O) groups excluding carboxylic acids is 1. The van der Waals surface area contributed by atoms with E-state index >= 15 is 0 Å². The van der Waals surface area contributed by atoms with Gasteiger partial charge in [-0.05, 0) is 32.8 Å².